The molecule has 2 atom stereocenters. The average Bonchev–Trinajstić information content (AvgIpc) is 2.61. The van der Waals surface area contributed by atoms with E-state index in [1.165, 1.54) is 7.11 Å². The van der Waals surface area contributed by atoms with Crippen molar-refractivity contribution >= 4 is 23.2 Å². The van der Waals surface area contributed by atoms with Crippen LogP contribution in [0.5, 0.6) is 0 Å². The fourth-order valence-corrected chi connectivity index (χ4v) is 2.72. The van der Waals surface area contributed by atoms with Crippen molar-refractivity contribution < 1.29 is 22.7 Å². The molecule has 1 amide bonds. The normalized spacial score (nSPS) is 13.9. The molecule has 0 radical (unpaired) electrons. The summed E-state index contributed by atoms with van der Waals surface area (Å²) in [5, 5.41) is 5.63. The monoisotopic (exact) mass is 400 g/mol. The largest absolute Gasteiger partial charge is 0.416 e. The van der Waals surface area contributed by atoms with Crippen molar-refractivity contribution in [2.24, 2.45) is 0 Å². The fraction of sp³-hybridized carbons (Fsp3) is 0.316. The average molecular weight is 401 g/mol. The summed E-state index contributed by atoms with van der Waals surface area (Å²) in [7, 11) is 1.54. The van der Waals surface area contributed by atoms with Crippen LogP contribution in [0, 0.1) is 0 Å². The second kappa shape index (κ2) is 9.21. The predicted octanol–water partition coefficient (Wildman–Crippen LogP) is 4.66. The topological polar surface area (TPSA) is 50.4 Å². The third-order valence-electron chi connectivity index (χ3n) is 3.81. The first-order valence-electron chi connectivity index (χ1n) is 8.20. The highest BCUT2D eigenvalue weighted by Gasteiger charge is 2.31. The minimum Gasteiger partial charge on any atom is -0.383 e. The lowest BCUT2D eigenvalue weighted by Gasteiger charge is -2.23. The first-order chi connectivity index (χ1) is 12.7. The van der Waals surface area contributed by atoms with E-state index < -0.39 is 23.7 Å². The van der Waals surface area contributed by atoms with Gasteiger partial charge >= 0.3 is 6.18 Å². The quantitative estimate of drug-likeness (QED) is 0.710. The second-order valence-electron chi connectivity index (χ2n) is 6.05. The lowest BCUT2D eigenvalue weighted by molar-refractivity contribution is -0.137. The van der Waals surface area contributed by atoms with Crippen LogP contribution < -0.4 is 10.6 Å². The van der Waals surface area contributed by atoms with E-state index in [1.54, 1.807) is 30.3 Å². The number of ether oxygens (including phenoxy) is 1. The number of hydrogen-bond donors (Lipinski definition) is 2. The molecule has 0 spiro atoms. The maximum Gasteiger partial charge on any atom is 0.416 e. The summed E-state index contributed by atoms with van der Waals surface area (Å²) in [6.45, 7) is 2.20. The van der Waals surface area contributed by atoms with Gasteiger partial charge in [0, 0.05) is 13.2 Å². The Balaban J connectivity index is 2.28. The number of hydrogen-bond acceptors (Lipinski definition) is 3. The number of alkyl halides is 3. The highest BCUT2D eigenvalue weighted by Crippen LogP contribution is 2.34. The Morgan fingerprint density at radius 2 is 1.85 bits per heavy atom. The Kier molecular flexibility index (Phi) is 7.24. The van der Waals surface area contributed by atoms with Crippen molar-refractivity contribution in [1.82, 2.24) is 5.32 Å². The van der Waals surface area contributed by atoms with Crippen molar-refractivity contribution in [2.75, 3.05) is 19.0 Å². The van der Waals surface area contributed by atoms with Gasteiger partial charge in [0.1, 0.15) is 6.04 Å². The van der Waals surface area contributed by atoms with Crippen molar-refractivity contribution in [3.05, 3.63) is 64.7 Å². The lowest BCUT2D eigenvalue weighted by atomic mass is 10.0. The number of benzene rings is 2. The zero-order chi connectivity index (χ0) is 20.0. The molecule has 2 aromatic rings. The minimum absolute atomic E-state index is 0.0214. The molecule has 0 aliphatic rings. The number of nitrogens with one attached hydrogen (secondary N) is 2. The fourth-order valence-electron chi connectivity index (χ4n) is 2.55. The number of amides is 1. The number of methoxy groups -OCH3 is 1. The van der Waals surface area contributed by atoms with Crippen LogP contribution in [-0.2, 0) is 15.7 Å². The van der Waals surface area contributed by atoms with Gasteiger partial charge in [0.05, 0.1) is 22.9 Å². The van der Waals surface area contributed by atoms with E-state index in [0.29, 0.717) is 12.2 Å². The van der Waals surface area contributed by atoms with Gasteiger partial charge in [-0.2, -0.15) is 13.2 Å². The third kappa shape index (κ3) is 5.95. The van der Waals surface area contributed by atoms with E-state index in [9.17, 15) is 18.0 Å². The summed E-state index contributed by atoms with van der Waals surface area (Å²) in [5.74, 6) is -0.523. The van der Waals surface area contributed by atoms with Crippen LogP contribution in [0.1, 0.15) is 24.1 Å². The smallest absolute Gasteiger partial charge is 0.383 e. The molecule has 2 rings (SSSR count). The molecule has 0 fully saturated rings. The van der Waals surface area contributed by atoms with Crippen molar-refractivity contribution in [1.29, 1.82) is 0 Å². The number of carbonyl (C=O) groups is 1. The van der Waals surface area contributed by atoms with Gasteiger partial charge in [-0.15, -0.1) is 0 Å². The summed E-state index contributed by atoms with van der Waals surface area (Å²) in [4.78, 5) is 12.8. The molecular formula is C19H20ClF3N2O2. The molecule has 0 bridgehead atoms. The van der Waals surface area contributed by atoms with E-state index >= 15 is 0 Å². The molecular weight excluding hydrogens is 381 g/mol. The van der Waals surface area contributed by atoms with Gasteiger partial charge in [0.15, 0.2) is 0 Å². The summed E-state index contributed by atoms with van der Waals surface area (Å²) >= 11 is 5.97. The first kappa shape index (κ1) is 21.2. The highest BCUT2D eigenvalue weighted by molar-refractivity contribution is 6.33. The number of rotatable bonds is 7. The van der Waals surface area contributed by atoms with E-state index in [0.717, 1.165) is 18.2 Å². The van der Waals surface area contributed by atoms with E-state index in [1.807, 2.05) is 6.92 Å². The Morgan fingerprint density at radius 3 is 2.44 bits per heavy atom. The zero-order valence-corrected chi connectivity index (χ0v) is 15.6. The van der Waals surface area contributed by atoms with E-state index in [-0.39, 0.29) is 16.8 Å². The molecule has 0 aromatic heterocycles. The molecule has 2 aromatic carbocycles. The summed E-state index contributed by atoms with van der Waals surface area (Å²) < 4.78 is 43.9. The van der Waals surface area contributed by atoms with Crippen LogP contribution in [0.2, 0.25) is 5.02 Å². The van der Waals surface area contributed by atoms with Crippen molar-refractivity contribution in [3.8, 4) is 0 Å². The summed E-state index contributed by atoms with van der Waals surface area (Å²) in [5.41, 5.74) is -0.321. The Bertz CT molecular complexity index is 769. The molecule has 0 heterocycles. The van der Waals surface area contributed by atoms with Gasteiger partial charge in [0.2, 0.25) is 5.91 Å². The number of anilines is 1. The first-order valence-corrected chi connectivity index (χ1v) is 8.57. The Hall–Kier alpha value is -2.09. The lowest BCUT2D eigenvalue weighted by Crippen LogP contribution is -2.40. The van der Waals surface area contributed by atoms with Gasteiger partial charge in [-0.3, -0.25) is 10.1 Å². The number of carbonyl (C=O) groups excluding carboxylic acids is 1. The second-order valence-corrected chi connectivity index (χ2v) is 6.46. The van der Waals surface area contributed by atoms with E-state index in [2.05, 4.69) is 10.6 Å². The molecule has 0 aliphatic heterocycles. The minimum atomic E-state index is -4.53. The molecule has 27 heavy (non-hydrogen) atoms. The van der Waals surface area contributed by atoms with Gasteiger partial charge in [0.25, 0.3) is 0 Å². The summed E-state index contributed by atoms with van der Waals surface area (Å²) in [6.07, 6.45) is -4.53. The Labute approximate surface area is 160 Å². The van der Waals surface area contributed by atoms with Crippen molar-refractivity contribution in [3.63, 3.8) is 0 Å². The van der Waals surface area contributed by atoms with Gasteiger partial charge < -0.3 is 10.1 Å². The SMILES string of the molecule is COC[C@H](C)N[C@@H](C(=O)Nc1cc(C(F)(F)F)ccc1Cl)c1ccccc1. The third-order valence-corrected chi connectivity index (χ3v) is 4.14. The van der Waals surface area contributed by atoms with Crippen LogP contribution in [0.4, 0.5) is 18.9 Å². The maximum atomic E-state index is 12.9. The molecule has 0 saturated heterocycles. The van der Waals surface area contributed by atoms with Gasteiger partial charge in [-0.25, -0.2) is 0 Å². The highest BCUT2D eigenvalue weighted by atomic mass is 35.5. The van der Waals surface area contributed by atoms with Crippen LogP contribution >= 0.6 is 11.6 Å². The molecule has 0 unspecified atom stereocenters. The molecule has 0 saturated carbocycles. The zero-order valence-electron chi connectivity index (χ0n) is 14.8. The van der Waals surface area contributed by atoms with Crippen LogP contribution in [0.15, 0.2) is 48.5 Å². The van der Waals surface area contributed by atoms with Gasteiger partial charge in [-0.05, 0) is 30.7 Å². The number of halogens is 4. The predicted molar refractivity (Wildman–Crippen MR) is 98.7 cm³/mol. The molecule has 0 aliphatic carbocycles. The van der Waals surface area contributed by atoms with Crippen LogP contribution in [-0.4, -0.2) is 25.7 Å². The van der Waals surface area contributed by atoms with Crippen molar-refractivity contribution in [2.45, 2.75) is 25.2 Å². The molecule has 8 heteroatoms. The van der Waals surface area contributed by atoms with Gasteiger partial charge in [-0.1, -0.05) is 41.9 Å². The van der Waals surface area contributed by atoms with Crippen LogP contribution in [0.25, 0.3) is 0 Å². The Morgan fingerprint density at radius 1 is 1.19 bits per heavy atom. The maximum absolute atomic E-state index is 12.9. The molecule has 4 nitrogen and oxygen atoms in total. The molecule has 2 N–H and O–H groups in total. The van der Waals surface area contributed by atoms with E-state index in [4.69, 9.17) is 16.3 Å². The summed E-state index contributed by atoms with van der Waals surface area (Å²) in [6, 6.07) is 10.7. The van der Waals surface area contributed by atoms with Crippen LogP contribution in [0.3, 0.4) is 0 Å². The molecule has 146 valence electrons. The standard InChI is InChI=1S/C19H20ClF3N2O2/c1-12(11-27-2)24-17(13-6-4-3-5-7-13)18(26)25-16-10-14(19(21,22)23)8-9-15(16)20/h3-10,12,17,24H,11H2,1-2H3,(H,25,26)/t12-,17+/m0/s1.